The second-order valence-corrected chi connectivity index (χ2v) is 16.7. The van der Waals surface area contributed by atoms with Crippen molar-refractivity contribution in [2.24, 2.45) is 9.98 Å². The summed E-state index contributed by atoms with van der Waals surface area (Å²) in [6.45, 7) is 0. The van der Waals surface area contributed by atoms with Crippen LogP contribution in [0.25, 0.3) is 72.3 Å². The molecule has 0 bridgehead atoms. The molecule has 8 aromatic rings. The second-order valence-electron chi connectivity index (χ2n) is 16.7. The summed E-state index contributed by atoms with van der Waals surface area (Å²) in [4.78, 5) is 9.60. The van der Waals surface area contributed by atoms with Gasteiger partial charge < -0.3 is 0 Å². The van der Waals surface area contributed by atoms with Gasteiger partial charge in [-0.15, -0.1) is 0 Å². The lowest BCUT2D eigenvalue weighted by Gasteiger charge is -2.25. The zero-order valence-corrected chi connectivity index (χ0v) is 36.8. The summed E-state index contributed by atoms with van der Waals surface area (Å²) >= 11 is 0. The number of rotatable bonds is 10. The Morgan fingerprint density at radius 1 is 0.409 bits per heavy atom. The summed E-state index contributed by atoms with van der Waals surface area (Å²) in [6, 6.07) is 70.9. The van der Waals surface area contributed by atoms with Gasteiger partial charge in [-0.05, 0) is 133 Å². The van der Waals surface area contributed by atoms with Crippen LogP contribution in [0.5, 0.6) is 0 Å². The number of benzene rings is 8. The van der Waals surface area contributed by atoms with E-state index in [2.05, 4.69) is 194 Å². The maximum Gasteiger partial charge on any atom is 0.161 e. The Labute approximate surface area is 388 Å². The predicted molar refractivity (Wildman–Crippen MR) is 280 cm³/mol. The van der Waals surface area contributed by atoms with Gasteiger partial charge in [-0.1, -0.05) is 212 Å². The number of nitrogens with one attached hydrogen (secondary N) is 1. The van der Waals surface area contributed by atoms with Crippen molar-refractivity contribution in [3.8, 4) is 66.8 Å². The van der Waals surface area contributed by atoms with E-state index in [1.54, 1.807) is 0 Å². The normalized spacial score (nSPS) is 13.7. The molecule has 1 N–H and O–H groups in total. The van der Waals surface area contributed by atoms with E-state index in [-0.39, 0.29) is 5.84 Å². The van der Waals surface area contributed by atoms with E-state index in [0.717, 1.165) is 70.2 Å². The number of hydrogen-bond acceptors (Lipinski definition) is 1. The monoisotopic (exact) mass is 847 g/mol. The first-order valence-corrected chi connectivity index (χ1v) is 22.9. The summed E-state index contributed by atoms with van der Waals surface area (Å²) < 4.78 is 0. The Balaban J connectivity index is 1.07. The van der Waals surface area contributed by atoms with Crippen molar-refractivity contribution in [3.63, 3.8) is 0 Å². The van der Waals surface area contributed by atoms with Crippen LogP contribution in [0.3, 0.4) is 0 Å². The highest BCUT2D eigenvalue weighted by atomic mass is 14.9. The highest BCUT2D eigenvalue weighted by molar-refractivity contribution is 6.14. The van der Waals surface area contributed by atoms with Crippen LogP contribution in [0.4, 0.5) is 0 Å². The highest BCUT2D eigenvalue weighted by Crippen LogP contribution is 2.49. The summed E-state index contributed by atoms with van der Waals surface area (Å²) in [5.41, 5.74) is 19.1. The van der Waals surface area contributed by atoms with Gasteiger partial charge in [-0.25, -0.2) is 9.98 Å². The van der Waals surface area contributed by atoms with Crippen molar-refractivity contribution < 1.29 is 0 Å². The first kappa shape index (κ1) is 41.7. The molecule has 0 heterocycles. The van der Waals surface area contributed by atoms with E-state index in [4.69, 9.17) is 9.98 Å². The molecule has 0 fully saturated rings. The first-order chi connectivity index (χ1) is 32.7. The standard InChI is InChI=1S/C63H49N3/c64-62(66-63(50-32-17-6-18-33-50)65-44-45-22-7-1-8-23-45)56-39-21-37-54(42-56)52-35-19-34-51(40-52)53-36-20-38-55(41-53)58-43-57(46-24-9-2-10-25-46)59(47-26-11-3-12-27-47)61(49-30-15-5-16-31-49)60(58)48-28-13-4-14-29-48/h1-4,7-15,17,19-44,64H,5-6,16,18H2. The minimum absolute atomic E-state index is 0.169. The van der Waals surface area contributed by atoms with Gasteiger partial charge in [0.2, 0.25) is 0 Å². The third-order valence-electron chi connectivity index (χ3n) is 12.3. The molecule has 66 heavy (non-hydrogen) atoms. The third kappa shape index (κ3) is 9.20. The van der Waals surface area contributed by atoms with Gasteiger partial charge in [0.25, 0.3) is 0 Å². The van der Waals surface area contributed by atoms with E-state index >= 15 is 0 Å². The summed E-state index contributed by atoms with van der Waals surface area (Å²) in [5, 5.41) is 9.18. The van der Waals surface area contributed by atoms with Crippen molar-refractivity contribution >= 4 is 23.5 Å². The zero-order valence-electron chi connectivity index (χ0n) is 36.8. The van der Waals surface area contributed by atoms with Gasteiger partial charge in [0.05, 0.1) is 0 Å². The Morgan fingerprint density at radius 2 is 0.894 bits per heavy atom. The van der Waals surface area contributed by atoms with E-state index in [0.29, 0.717) is 5.84 Å². The Kier molecular flexibility index (Phi) is 12.4. The molecule has 316 valence electrons. The fourth-order valence-electron chi connectivity index (χ4n) is 9.04. The molecule has 0 saturated carbocycles. The lowest BCUT2D eigenvalue weighted by Crippen LogP contribution is -2.06. The largest absolute Gasteiger partial charge is 0.282 e. The lowest BCUT2D eigenvalue weighted by atomic mass is 9.77. The molecular weight excluding hydrogens is 799 g/mol. The molecule has 0 aromatic heterocycles. The van der Waals surface area contributed by atoms with E-state index < -0.39 is 0 Å². The zero-order chi connectivity index (χ0) is 44.5. The van der Waals surface area contributed by atoms with E-state index in [1.807, 2.05) is 48.7 Å². The summed E-state index contributed by atoms with van der Waals surface area (Å²) in [7, 11) is 0. The van der Waals surface area contributed by atoms with Gasteiger partial charge in [0, 0.05) is 17.4 Å². The molecule has 0 atom stereocenters. The summed E-state index contributed by atoms with van der Waals surface area (Å²) in [5.74, 6) is 0.703. The number of nitrogens with zero attached hydrogens (tertiary/aromatic N) is 2. The maximum atomic E-state index is 9.18. The van der Waals surface area contributed by atoms with Crippen molar-refractivity contribution in [2.75, 3.05) is 0 Å². The van der Waals surface area contributed by atoms with Gasteiger partial charge in [0.1, 0.15) is 0 Å². The smallest absolute Gasteiger partial charge is 0.161 e. The molecule has 0 radical (unpaired) electrons. The van der Waals surface area contributed by atoms with Crippen LogP contribution in [0, 0.1) is 5.41 Å². The number of allylic oxidation sites excluding steroid dienone is 6. The van der Waals surface area contributed by atoms with E-state index in [9.17, 15) is 5.41 Å². The molecule has 0 saturated heterocycles. The lowest BCUT2D eigenvalue weighted by molar-refractivity contribution is 1.03. The minimum Gasteiger partial charge on any atom is -0.282 e. The molecular formula is C63H49N3. The second kappa shape index (κ2) is 19.6. The van der Waals surface area contributed by atoms with Crippen LogP contribution in [-0.2, 0) is 0 Å². The minimum atomic E-state index is 0.169. The van der Waals surface area contributed by atoms with Crippen molar-refractivity contribution in [3.05, 3.63) is 259 Å². The molecule has 0 aliphatic heterocycles. The van der Waals surface area contributed by atoms with Crippen LogP contribution < -0.4 is 0 Å². The Morgan fingerprint density at radius 3 is 1.47 bits per heavy atom. The first-order valence-electron chi connectivity index (χ1n) is 22.9. The quantitative estimate of drug-likeness (QED) is 0.105. The average molecular weight is 848 g/mol. The van der Waals surface area contributed by atoms with Crippen molar-refractivity contribution in [1.29, 1.82) is 5.41 Å². The molecule has 8 aromatic carbocycles. The topological polar surface area (TPSA) is 48.6 Å². The molecule has 0 spiro atoms. The molecule has 10 rings (SSSR count). The molecule has 3 nitrogen and oxygen atoms in total. The average Bonchev–Trinajstić information content (AvgIpc) is 3.41. The van der Waals surface area contributed by atoms with Crippen molar-refractivity contribution in [2.45, 2.75) is 25.7 Å². The maximum absolute atomic E-state index is 9.18. The van der Waals surface area contributed by atoms with Gasteiger partial charge in [-0.3, -0.25) is 5.41 Å². The van der Waals surface area contributed by atoms with Crippen LogP contribution >= 0.6 is 0 Å². The number of aliphatic imine (C=N–C) groups is 2. The van der Waals surface area contributed by atoms with Crippen LogP contribution in [0.15, 0.2) is 252 Å². The third-order valence-corrected chi connectivity index (χ3v) is 12.3. The van der Waals surface area contributed by atoms with Crippen LogP contribution in [0.2, 0.25) is 0 Å². The Bertz CT molecular complexity index is 3220. The summed E-state index contributed by atoms with van der Waals surface area (Å²) in [6.07, 6.45) is 19.2. The Hall–Kier alpha value is -8.27. The van der Waals surface area contributed by atoms with Crippen LogP contribution in [0.1, 0.15) is 42.4 Å². The fourth-order valence-corrected chi connectivity index (χ4v) is 9.04. The number of hydrogen-bond donors (Lipinski definition) is 1. The van der Waals surface area contributed by atoms with E-state index in [1.165, 1.54) is 50.1 Å². The molecule has 2 aliphatic carbocycles. The van der Waals surface area contributed by atoms with Gasteiger partial charge >= 0.3 is 0 Å². The van der Waals surface area contributed by atoms with Crippen LogP contribution in [-0.4, -0.2) is 17.9 Å². The highest BCUT2D eigenvalue weighted by Gasteiger charge is 2.25. The number of amidine groups is 2. The SMILES string of the molecule is N=C(N=C(N=Cc1ccccc1)C1=CCCC=C1)c1cccc(-c2cccc(-c3cccc(-c4cc(-c5ccccc5)c(-c5ccccc5)c(C5=CCCC=C5)c4-c4ccccc4)c3)c2)c1. The van der Waals surface area contributed by atoms with Gasteiger partial charge in [-0.2, -0.15) is 0 Å². The predicted octanol–water partition coefficient (Wildman–Crippen LogP) is 16.5. The molecule has 0 unspecified atom stereocenters. The van der Waals surface area contributed by atoms with Crippen molar-refractivity contribution in [1.82, 2.24) is 0 Å². The fraction of sp³-hybridized carbons (Fsp3) is 0.0635. The molecule has 3 heteroatoms. The molecule has 0 amide bonds. The van der Waals surface area contributed by atoms with Gasteiger partial charge in [0.15, 0.2) is 11.7 Å². The molecule has 2 aliphatic rings.